The maximum atomic E-state index is 13.1. The average molecular weight is 433 g/mol. The normalized spacial score (nSPS) is 12.4. The lowest BCUT2D eigenvalue weighted by atomic mass is 10.0. The van der Waals surface area contributed by atoms with Crippen molar-refractivity contribution in [1.29, 1.82) is 0 Å². The van der Waals surface area contributed by atoms with Gasteiger partial charge in [-0.15, -0.1) is 0 Å². The van der Waals surface area contributed by atoms with Crippen LogP contribution in [0.15, 0.2) is 48.5 Å². The molecule has 4 nitrogen and oxygen atoms in total. The SMILES string of the molecule is CC(C)(C)N(OC(=O)c1ccccc1)C(=O)c1cc(C(F)(F)F)cc(C(F)(F)F)c1. The Labute approximate surface area is 168 Å². The Morgan fingerprint density at radius 2 is 1.23 bits per heavy atom. The first-order valence-electron chi connectivity index (χ1n) is 8.52. The molecule has 0 unspecified atom stereocenters. The highest BCUT2D eigenvalue weighted by molar-refractivity contribution is 5.96. The van der Waals surface area contributed by atoms with Gasteiger partial charge >= 0.3 is 18.3 Å². The van der Waals surface area contributed by atoms with Crippen LogP contribution in [0.3, 0.4) is 0 Å². The van der Waals surface area contributed by atoms with E-state index in [9.17, 15) is 35.9 Å². The molecule has 162 valence electrons. The highest BCUT2D eigenvalue weighted by atomic mass is 19.4. The molecular formula is C20H17F6NO3. The Morgan fingerprint density at radius 3 is 1.63 bits per heavy atom. The van der Waals surface area contributed by atoms with Gasteiger partial charge in [-0.25, -0.2) is 4.79 Å². The molecule has 30 heavy (non-hydrogen) atoms. The molecule has 0 N–H and O–H groups in total. The van der Waals surface area contributed by atoms with Crippen molar-refractivity contribution in [2.24, 2.45) is 0 Å². The highest BCUT2D eigenvalue weighted by Gasteiger charge is 2.39. The quantitative estimate of drug-likeness (QED) is 0.449. The Kier molecular flexibility index (Phi) is 6.20. The number of rotatable bonds is 2. The maximum absolute atomic E-state index is 13.1. The molecule has 0 aromatic heterocycles. The van der Waals surface area contributed by atoms with Gasteiger partial charge in [0.1, 0.15) is 0 Å². The number of halogens is 6. The summed E-state index contributed by atoms with van der Waals surface area (Å²) in [6.07, 6.45) is -10.2. The van der Waals surface area contributed by atoms with Crippen LogP contribution >= 0.6 is 0 Å². The van der Waals surface area contributed by atoms with E-state index in [1.807, 2.05) is 0 Å². The first-order chi connectivity index (χ1) is 13.6. The molecule has 0 aliphatic carbocycles. The van der Waals surface area contributed by atoms with E-state index in [2.05, 4.69) is 0 Å². The summed E-state index contributed by atoms with van der Waals surface area (Å²) in [4.78, 5) is 30.2. The van der Waals surface area contributed by atoms with Gasteiger partial charge in [-0.2, -0.15) is 31.4 Å². The third-order valence-corrected chi connectivity index (χ3v) is 3.81. The molecule has 0 aliphatic heterocycles. The first-order valence-corrected chi connectivity index (χ1v) is 8.52. The van der Waals surface area contributed by atoms with Crippen molar-refractivity contribution in [2.75, 3.05) is 0 Å². The van der Waals surface area contributed by atoms with Crippen molar-refractivity contribution in [3.05, 3.63) is 70.8 Å². The van der Waals surface area contributed by atoms with Crippen LogP contribution in [-0.2, 0) is 17.2 Å². The van der Waals surface area contributed by atoms with Gasteiger partial charge in [-0.1, -0.05) is 18.2 Å². The summed E-state index contributed by atoms with van der Waals surface area (Å²) in [5.74, 6) is -2.33. The summed E-state index contributed by atoms with van der Waals surface area (Å²) >= 11 is 0. The zero-order valence-electron chi connectivity index (χ0n) is 16.1. The molecule has 0 spiro atoms. The molecule has 0 fully saturated rings. The van der Waals surface area contributed by atoms with E-state index in [4.69, 9.17) is 4.84 Å². The Balaban J connectivity index is 2.51. The van der Waals surface area contributed by atoms with Crippen LogP contribution in [0, 0.1) is 0 Å². The van der Waals surface area contributed by atoms with E-state index in [0.717, 1.165) is 0 Å². The third-order valence-electron chi connectivity index (χ3n) is 3.81. The second-order valence-electron chi connectivity index (χ2n) is 7.31. The fraction of sp³-hybridized carbons (Fsp3) is 0.300. The van der Waals surface area contributed by atoms with Crippen LogP contribution in [0.1, 0.15) is 52.6 Å². The van der Waals surface area contributed by atoms with Gasteiger partial charge < -0.3 is 4.84 Å². The third kappa shape index (κ3) is 5.52. The lowest BCUT2D eigenvalue weighted by Gasteiger charge is -2.33. The molecule has 0 atom stereocenters. The smallest absolute Gasteiger partial charge is 0.332 e. The predicted molar refractivity (Wildman–Crippen MR) is 94.2 cm³/mol. The molecule has 0 saturated carbocycles. The number of nitrogens with zero attached hydrogens (tertiary/aromatic N) is 1. The molecule has 0 aliphatic rings. The Bertz CT molecular complexity index is 898. The second kappa shape index (κ2) is 8.00. The number of carbonyl (C=O) groups is 2. The van der Waals surface area contributed by atoms with E-state index < -0.39 is 46.5 Å². The van der Waals surface area contributed by atoms with E-state index in [-0.39, 0.29) is 23.8 Å². The van der Waals surface area contributed by atoms with Crippen LogP contribution in [-0.4, -0.2) is 22.5 Å². The minimum atomic E-state index is -5.12. The predicted octanol–water partition coefficient (Wildman–Crippen LogP) is 5.74. The topological polar surface area (TPSA) is 46.6 Å². The van der Waals surface area contributed by atoms with Gasteiger partial charge in [0.05, 0.1) is 22.2 Å². The fourth-order valence-corrected chi connectivity index (χ4v) is 2.39. The molecule has 0 saturated heterocycles. The summed E-state index contributed by atoms with van der Waals surface area (Å²) < 4.78 is 78.5. The summed E-state index contributed by atoms with van der Waals surface area (Å²) in [6, 6.07) is 7.88. The minimum absolute atomic E-state index is 0.0413. The van der Waals surface area contributed by atoms with Gasteiger partial charge in [-0.3, -0.25) is 4.79 Å². The summed E-state index contributed by atoms with van der Waals surface area (Å²) in [6.45, 7) is 4.21. The number of benzene rings is 2. The highest BCUT2D eigenvalue weighted by Crippen LogP contribution is 2.37. The van der Waals surface area contributed by atoms with Crippen LogP contribution in [0.25, 0.3) is 0 Å². The lowest BCUT2D eigenvalue weighted by molar-refractivity contribution is -0.143. The van der Waals surface area contributed by atoms with Crippen LogP contribution in [0.2, 0.25) is 0 Å². The zero-order valence-corrected chi connectivity index (χ0v) is 16.1. The fourth-order valence-electron chi connectivity index (χ4n) is 2.39. The molecule has 0 heterocycles. The molecule has 2 rings (SSSR count). The minimum Gasteiger partial charge on any atom is -0.332 e. The van der Waals surface area contributed by atoms with E-state index >= 15 is 0 Å². The van der Waals surface area contributed by atoms with Gasteiger partial charge in [0.2, 0.25) is 0 Å². The van der Waals surface area contributed by atoms with E-state index in [0.29, 0.717) is 5.06 Å². The second-order valence-corrected chi connectivity index (χ2v) is 7.31. The Hall–Kier alpha value is -3.04. The molecule has 0 bridgehead atoms. The lowest BCUT2D eigenvalue weighted by Crippen LogP contribution is -2.47. The molecular weight excluding hydrogens is 416 g/mol. The number of amides is 1. The van der Waals surface area contributed by atoms with Crippen molar-refractivity contribution in [2.45, 2.75) is 38.7 Å². The summed E-state index contributed by atoms with van der Waals surface area (Å²) in [5.41, 5.74) is -5.45. The van der Waals surface area contributed by atoms with Crippen LogP contribution in [0.5, 0.6) is 0 Å². The van der Waals surface area contributed by atoms with Crippen LogP contribution < -0.4 is 0 Å². The monoisotopic (exact) mass is 433 g/mol. The molecule has 0 radical (unpaired) electrons. The van der Waals surface area contributed by atoms with E-state index in [1.54, 1.807) is 6.07 Å². The largest absolute Gasteiger partial charge is 0.416 e. The van der Waals surface area contributed by atoms with Crippen molar-refractivity contribution in [3.63, 3.8) is 0 Å². The zero-order chi connectivity index (χ0) is 22.9. The van der Waals surface area contributed by atoms with Gasteiger partial charge in [0, 0.05) is 5.56 Å². The molecule has 1 amide bonds. The van der Waals surface area contributed by atoms with Crippen molar-refractivity contribution in [1.82, 2.24) is 5.06 Å². The standard InChI is InChI=1S/C20H17F6NO3/c1-18(2,3)27(30-17(29)12-7-5-4-6-8-12)16(28)13-9-14(19(21,22)23)11-15(10-13)20(24,25)26/h4-11H,1-3H3. The van der Waals surface area contributed by atoms with Crippen molar-refractivity contribution in [3.8, 4) is 0 Å². The Morgan fingerprint density at radius 1 is 0.767 bits per heavy atom. The number of hydroxylamine groups is 2. The molecule has 10 heteroatoms. The first kappa shape index (κ1) is 23.2. The average Bonchev–Trinajstić information content (AvgIpc) is 2.63. The number of hydrogen-bond acceptors (Lipinski definition) is 3. The summed E-state index contributed by atoms with van der Waals surface area (Å²) in [5, 5.41) is 0.456. The van der Waals surface area contributed by atoms with Crippen molar-refractivity contribution >= 4 is 11.9 Å². The van der Waals surface area contributed by atoms with E-state index in [1.165, 1.54) is 45.0 Å². The van der Waals surface area contributed by atoms with Gasteiger partial charge in [-0.05, 0) is 51.1 Å². The number of carbonyl (C=O) groups excluding carboxylic acids is 2. The summed E-state index contributed by atoms with van der Waals surface area (Å²) in [7, 11) is 0. The molecule has 2 aromatic carbocycles. The maximum Gasteiger partial charge on any atom is 0.416 e. The van der Waals surface area contributed by atoms with Gasteiger partial charge in [0.25, 0.3) is 5.91 Å². The molecule has 2 aromatic rings. The number of alkyl halides is 6. The van der Waals surface area contributed by atoms with Crippen molar-refractivity contribution < 1.29 is 40.8 Å². The van der Waals surface area contributed by atoms with Crippen LogP contribution in [0.4, 0.5) is 26.3 Å². The number of hydrogen-bond donors (Lipinski definition) is 0. The van der Waals surface area contributed by atoms with Gasteiger partial charge in [0.15, 0.2) is 0 Å².